The molecule has 2 heterocycles. The van der Waals surface area contributed by atoms with Crippen molar-refractivity contribution in [3.05, 3.63) is 64.7 Å². The van der Waals surface area contributed by atoms with Gasteiger partial charge in [-0.3, -0.25) is 9.59 Å². The van der Waals surface area contributed by atoms with Crippen molar-refractivity contribution in [2.45, 2.75) is 39.3 Å². The van der Waals surface area contributed by atoms with E-state index in [1.54, 1.807) is 23.1 Å². The number of nitrogens with one attached hydrogen (secondary N) is 1. The van der Waals surface area contributed by atoms with Gasteiger partial charge in [0.15, 0.2) is 0 Å². The van der Waals surface area contributed by atoms with Gasteiger partial charge in [-0.1, -0.05) is 24.0 Å². The Hall–Kier alpha value is -3.32. The minimum absolute atomic E-state index is 0.0362. The van der Waals surface area contributed by atoms with Gasteiger partial charge in [-0.15, -0.1) is 0 Å². The summed E-state index contributed by atoms with van der Waals surface area (Å²) in [5.41, 5.74) is 3.18. The molecule has 7 heteroatoms. The van der Waals surface area contributed by atoms with Crippen LogP contribution >= 0.6 is 0 Å². The highest BCUT2D eigenvalue weighted by Crippen LogP contribution is 2.40. The summed E-state index contributed by atoms with van der Waals surface area (Å²) in [6, 6.07) is 12.3. The van der Waals surface area contributed by atoms with Crippen molar-refractivity contribution in [2.24, 2.45) is 0 Å². The monoisotopic (exact) mass is 477 g/mol. The molecule has 0 saturated carbocycles. The highest BCUT2D eigenvalue weighted by molar-refractivity contribution is 6.46. The van der Waals surface area contributed by atoms with Crippen LogP contribution in [0.15, 0.2) is 48.0 Å². The highest BCUT2D eigenvalue weighted by Gasteiger charge is 2.44. The molecule has 1 saturated heterocycles. The van der Waals surface area contributed by atoms with Gasteiger partial charge in [-0.25, -0.2) is 0 Å². The molecule has 2 unspecified atom stereocenters. The van der Waals surface area contributed by atoms with Crippen LogP contribution < -0.4 is 19.6 Å². The second kappa shape index (κ2) is 10.1. The zero-order valence-corrected chi connectivity index (χ0v) is 21.3. The van der Waals surface area contributed by atoms with Crippen molar-refractivity contribution in [2.75, 3.05) is 45.2 Å². The number of quaternary nitrogens is 1. The standard InChI is InChI=1S/C28H35N3O4/c1-6-30(7-2)14-15-31-25(19-8-11-22(12-9-19)29(4)5)24(27(33)28(31)34)26(32)20-10-13-23-21(17-20)16-18(3)35-23/h8-13,17-18,25,32H,6-7,14-16H2,1-5H3. The Labute approximate surface area is 207 Å². The summed E-state index contributed by atoms with van der Waals surface area (Å²) in [6.45, 7) is 9.18. The third kappa shape index (κ3) is 4.78. The highest BCUT2D eigenvalue weighted by atomic mass is 16.5. The van der Waals surface area contributed by atoms with Gasteiger partial charge in [0.1, 0.15) is 11.9 Å². The van der Waals surface area contributed by atoms with E-state index in [9.17, 15) is 14.7 Å². The number of fused-ring (bicyclic) bond motifs is 1. The van der Waals surface area contributed by atoms with Gasteiger partial charge in [-0.2, -0.15) is 0 Å². The summed E-state index contributed by atoms with van der Waals surface area (Å²) in [4.78, 5) is 31.4. The Morgan fingerprint density at radius 3 is 2.43 bits per heavy atom. The maximum atomic E-state index is 13.7. The maximum Gasteiger partial charge on any atom is 0.295 e. The van der Waals surface area contributed by atoms with Crippen molar-refractivity contribution in [1.29, 1.82) is 0 Å². The van der Waals surface area contributed by atoms with E-state index in [0.717, 1.165) is 35.7 Å². The summed E-state index contributed by atoms with van der Waals surface area (Å²) in [5.74, 6) is -0.909. The zero-order chi connectivity index (χ0) is 25.3. The predicted octanol–water partition coefficient (Wildman–Crippen LogP) is 1.22. The molecule has 2 aromatic carbocycles. The summed E-state index contributed by atoms with van der Waals surface area (Å²) in [6.07, 6.45) is 0.770. The average molecular weight is 478 g/mol. The van der Waals surface area contributed by atoms with E-state index >= 15 is 0 Å². The first-order valence-electron chi connectivity index (χ1n) is 12.4. The lowest BCUT2D eigenvalue weighted by molar-refractivity contribution is -0.895. The van der Waals surface area contributed by atoms with Gasteiger partial charge in [0.25, 0.3) is 5.91 Å². The molecule has 2 aromatic rings. The molecular weight excluding hydrogens is 442 g/mol. The number of amides is 1. The molecule has 1 N–H and O–H groups in total. The number of ketones is 1. The summed E-state index contributed by atoms with van der Waals surface area (Å²) in [5, 5.41) is 13.7. The Morgan fingerprint density at radius 2 is 1.80 bits per heavy atom. The van der Waals surface area contributed by atoms with E-state index in [4.69, 9.17) is 4.74 Å². The van der Waals surface area contributed by atoms with Crippen molar-refractivity contribution in [3.63, 3.8) is 0 Å². The normalized spacial score (nSPS) is 20.9. The van der Waals surface area contributed by atoms with Crippen LogP contribution in [0.3, 0.4) is 0 Å². The number of hydrogen-bond donors (Lipinski definition) is 1. The molecule has 7 nitrogen and oxygen atoms in total. The Balaban J connectivity index is 1.78. The molecule has 0 radical (unpaired) electrons. The van der Waals surface area contributed by atoms with Gasteiger partial charge in [-0.05, 0) is 61.7 Å². The Kier molecular flexibility index (Phi) is 7.17. The van der Waals surface area contributed by atoms with Crippen LogP contribution in [0.4, 0.5) is 5.69 Å². The number of nitrogens with zero attached hydrogens (tertiary/aromatic N) is 2. The SMILES string of the molecule is CC[NH+](CC)CCN1C(=O)C(=O)C(=C([O-])c2ccc3c(c2)CC(C)O3)C1c1ccc(N(C)C)cc1. The second-order valence-electron chi connectivity index (χ2n) is 9.62. The van der Waals surface area contributed by atoms with E-state index < -0.39 is 17.7 Å². The van der Waals surface area contributed by atoms with E-state index in [1.165, 1.54) is 4.90 Å². The van der Waals surface area contributed by atoms with E-state index in [2.05, 4.69) is 13.8 Å². The van der Waals surface area contributed by atoms with Gasteiger partial charge < -0.3 is 24.5 Å². The topological polar surface area (TPSA) is 77.3 Å². The van der Waals surface area contributed by atoms with Gasteiger partial charge in [0.05, 0.1) is 32.2 Å². The van der Waals surface area contributed by atoms with Crippen LogP contribution in [0.2, 0.25) is 0 Å². The molecule has 1 amide bonds. The van der Waals surface area contributed by atoms with Crippen LogP contribution in [0.5, 0.6) is 5.75 Å². The quantitative estimate of drug-likeness (QED) is 0.352. The molecule has 0 aliphatic carbocycles. The largest absolute Gasteiger partial charge is 0.872 e. The fourth-order valence-electron chi connectivity index (χ4n) is 5.00. The summed E-state index contributed by atoms with van der Waals surface area (Å²) < 4.78 is 5.77. The maximum absolute atomic E-state index is 13.7. The van der Waals surface area contributed by atoms with Crippen LogP contribution in [0.1, 0.15) is 43.5 Å². The first-order valence-corrected chi connectivity index (χ1v) is 12.4. The van der Waals surface area contributed by atoms with Crippen LogP contribution in [-0.2, 0) is 16.0 Å². The Bertz CT molecular complexity index is 1140. The molecule has 0 aromatic heterocycles. The number of benzene rings is 2. The van der Waals surface area contributed by atoms with Crippen molar-refractivity contribution in [1.82, 2.24) is 4.90 Å². The van der Waals surface area contributed by atoms with Crippen LogP contribution in [0.25, 0.3) is 5.76 Å². The van der Waals surface area contributed by atoms with E-state index in [1.807, 2.05) is 50.2 Å². The summed E-state index contributed by atoms with van der Waals surface area (Å²) >= 11 is 0. The molecule has 2 aliphatic heterocycles. The number of rotatable bonds is 8. The average Bonchev–Trinajstić information content (AvgIpc) is 3.35. The molecule has 186 valence electrons. The van der Waals surface area contributed by atoms with E-state index in [0.29, 0.717) is 25.1 Å². The fraction of sp³-hybridized carbons (Fsp3) is 0.429. The third-order valence-corrected chi connectivity index (χ3v) is 7.12. The van der Waals surface area contributed by atoms with Crippen LogP contribution in [0, 0.1) is 0 Å². The van der Waals surface area contributed by atoms with Crippen molar-refractivity contribution < 1.29 is 24.3 Å². The molecule has 4 rings (SSSR count). The molecule has 1 fully saturated rings. The molecule has 0 spiro atoms. The van der Waals surface area contributed by atoms with Gasteiger partial charge in [0.2, 0.25) is 5.78 Å². The lowest BCUT2D eigenvalue weighted by Crippen LogP contribution is -3.12. The van der Waals surface area contributed by atoms with Crippen molar-refractivity contribution in [3.8, 4) is 5.75 Å². The van der Waals surface area contributed by atoms with Crippen LogP contribution in [-0.4, -0.2) is 63.0 Å². The molecule has 0 bridgehead atoms. The lowest BCUT2D eigenvalue weighted by Gasteiger charge is -2.29. The Morgan fingerprint density at radius 1 is 1.11 bits per heavy atom. The first-order chi connectivity index (χ1) is 16.7. The number of ether oxygens (including phenoxy) is 1. The fourth-order valence-corrected chi connectivity index (χ4v) is 5.00. The number of hydrogen-bond acceptors (Lipinski definition) is 5. The second-order valence-corrected chi connectivity index (χ2v) is 9.62. The smallest absolute Gasteiger partial charge is 0.295 e. The molecule has 2 atom stereocenters. The summed E-state index contributed by atoms with van der Waals surface area (Å²) in [7, 11) is 3.91. The number of carbonyl (C=O) groups excluding carboxylic acids is 2. The number of anilines is 1. The first kappa shape index (κ1) is 24.8. The molecule has 2 aliphatic rings. The number of Topliss-reactive ketones (excluding diaryl/α,β-unsaturated/α-hetero) is 1. The number of likely N-dealkylation sites (tertiary alicyclic amines) is 1. The number of carbonyl (C=O) groups is 2. The predicted molar refractivity (Wildman–Crippen MR) is 134 cm³/mol. The molecular formula is C28H35N3O4. The zero-order valence-electron chi connectivity index (χ0n) is 21.3. The minimum atomic E-state index is -0.698. The molecule has 35 heavy (non-hydrogen) atoms. The van der Waals surface area contributed by atoms with Gasteiger partial charge >= 0.3 is 0 Å². The van der Waals surface area contributed by atoms with Crippen molar-refractivity contribution >= 4 is 23.1 Å². The third-order valence-electron chi connectivity index (χ3n) is 7.12. The number of likely N-dealkylation sites (N-methyl/N-ethyl adjacent to an activating group) is 1. The lowest BCUT2D eigenvalue weighted by atomic mass is 9.94. The van der Waals surface area contributed by atoms with E-state index in [-0.39, 0.29) is 17.4 Å². The van der Waals surface area contributed by atoms with Gasteiger partial charge in [0, 0.05) is 31.8 Å². The minimum Gasteiger partial charge on any atom is -0.872 e.